The molecule has 0 bridgehead atoms. The first-order chi connectivity index (χ1) is 10.6. The van der Waals surface area contributed by atoms with Crippen LogP contribution in [0, 0.1) is 0 Å². The van der Waals surface area contributed by atoms with Crippen LogP contribution in [0.15, 0.2) is 59.6 Å². The van der Waals surface area contributed by atoms with Crippen LogP contribution in [0.25, 0.3) is 10.9 Å². The molecule has 0 aliphatic carbocycles. The molecule has 2 aromatic carbocycles. The van der Waals surface area contributed by atoms with Crippen molar-refractivity contribution < 1.29 is 13.2 Å². The number of hydrogen-bond acceptors (Lipinski definition) is 5. The Kier molecular flexibility index (Phi) is 5.25. The predicted molar refractivity (Wildman–Crippen MR) is 90.6 cm³/mol. The third kappa shape index (κ3) is 3.17. The van der Waals surface area contributed by atoms with Crippen molar-refractivity contribution in [3.63, 3.8) is 0 Å². The van der Waals surface area contributed by atoms with E-state index in [1.54, 1.807) is 36.4 Å². The van der Waals surface area contributed by atoms with Gasteiger partial charge in [0, 0.05) is 6.54 Å². The van der Waals surface area contributed by atoms with Crippen LogP contribution in [0.4, 0.5) is 0 Å². The number of ether oxygens (including phenoxy) is 1. The van der Waals surface area contributed by atoms with Gasteiger partial charge in [0.1, 0.15) is 12.4 Å². The lowest BCUT2D eigenvalue weighted by molar-refractivity contribution is 0.332. The Morgan fingerprint density at radius 1 is 1.09 bits per heavy atom. The molecule has 0 radical (unpaired) electrons. The maximum absolute atomic E-state index is 12.7. The normalized spacial score (nSPS) is 11.2. The van der Waals surface area contributed by atoms with Gasteiger partial charge in [-0.15, -0.1) is 12.4 Å². The summed E-state index contributed by atoms with van der Waals surface area (Å²) in [5.74, 6) is 0.567. The summed E-state index contributed by atoms with van der Waals surface area (Å²) in [7, 11) is -3.73. The van der Waals surface area contributed by atoms with E-state index < -0.39 is 10.0 Å². The van der Waals surface area contributed by atoms with Gasteiger partial charge in [-0.1, -0.05) is 24.3 Å². The zero-order valence-corrected chi connectivity index (χ0v) is 13.8. The Balaban J connectivity index is 0.00000192. The minimum atomic E-state index is -3.73. The number of nitrogens with two attached hydrogens (primary N) is 1. The minimum absolute atomic E-state index is 0. The van der Waals surface area contributed by atoms with Crippen molar-refractivity contribution in [1.82, 2.24) is 9.19 Å². The number of halogens is 1. The summed E-state index contributed by atoms with van der Waals surface area (Å²) in [4.78, 5) is 0.188. The van der Waals surface area contributed by atoms with Crippen LogP contribution in [0.2, 0.25) is 0 Å². The van der Waals surface area contributed by atoms with Gasteiger partial charge >= 0.3 is 0 Å². The second-order valence-electron chi connectivity index (χ2n) is 4.63. The average molecular weight is 354 g/mol. The molecule has 0 aliphatic rings. The molecule has 0 amide bonds. The number of fused-ring (bicyclic) bond motifs is 1. The van der Waals surface area contributed by atoms with Crippen LogP contribution < -0.4 is 10.5 Å². The van der Waals surface area contributed by atoms with E-state index >= 15 is 0 Å². The van der Waals surface area contributed by atoms with E-state index in [0.29, 0.717) is 29.8 Å². The van der Waals surface area contributed by atoms with Crippen LogP contribution in [-0.4, -0.2) is 30.8 Å². The minimum Gasteiger partial charge on any atom is -0.492 e. The molecule has 0 aliphatic heterocycles. The molecule has 0 saturated heterocycles. The van der Waals surface area contributed by atoms with Crippen LogP contribution in [-0.2, 0) is 10.0 Å². The molecule has 2 N–H and O–H groups in total. The molecule has 0 spiro atoms. The highest BCUT2D eigenvalue weighted by Crippen LogP contribution is 2.27. The lowest BCUT2D eigenvalue weighted by Gasteiger charge is -2.07. The van der Waals surface area contributed by atoms with Crippen LogP contribution in [0.1, 0.15) is 0 Å². The van der Waals surface area contributed by atoms with Crippen molar-refractivity contribution in [2.75, 3.05) is 13.2 Å². The Bertz CT molecular complexity index is 895. The van der Waals surface area contributed by atoms with E-state index in [4.69, 9.17) is 10.5 Å². The van der Waals surface area contributed by atoms with Gasteiger partial charge in [0.2, 0.25) is 0 Å². The molecular weight excluding hydrogens is 338 g/mol. The van der Waals surface area contributed by atoms with E-state index in [2.05, 4.69) is 5.10 Å². The molecule has 1 heterocycles. The predicted octanol–water partition coefficient (Wildman–Crippen LogP) is 2.03. The second-order valence-corrected chi connectivity index (χ2v) is 6.40. The van der Waals surface area contributed by atoms with Crippen molar-refractivity contribution in [2.24, 2.45) is 5.73 Å². The number of rotatable bonds is 5. The Morgan fingerprint density at radius 2 is 1.83 bits per heavy atom. The molecule has 122 valence electrons. The van der Waals surface area contributed by atoms with Crippen molar-refractivity contribution >= 4 is 33.3 Å². The van der Waals surface area contributed by atoms with Gasteiger partial charge in [-0.05, 0) is 24.3 Å². The highest BCUT2D eigenvalue weighted by molar-refractivity contribution is 7.90. The van der Waals surface area contributed by atoms with Crippen molar-refractivity contribution in [3.8, 4) is 5.75 Å². The summed E-state index contributed by atoms with van der Waals surface area (Å²) in [5.41, 5.74) is 5.90. The lowest BCUT2D eigenvalue weighted by Crippen LogP contribution is -2.14. The van der Waals surface area contributed by atoms with Gasteiger partial charge in [-0.2, -0.15) is 17.6 Å². The fourth-order valence-corrected chi connectivity index (χ4v) is 3.47. The third-order valence-electron chi connectivity index (χ3n) is 3.19. The second kappa shape index (κ2) is 6.99. The van der Waals surface area contributed by atoms with Crippen molar-refractivity contribution in [3.05, 3.63) is 54.7 Å². The fourth-order valence-electron chi connectivity index (χ4n) is 2.18. The maximum Gasteiger partial charge on any atom is 0.283 e. The van der Waals surface area contributed by atoms with E-state index in [9.17, 15) is 8.42 Å². The molecule has 3 aromatic rings. The summed E-state index contributed by atoms with van der Waals surface area (Å²) in [6.07, 6.45) is 1.49. The molecule has 6 nitrogen and oxygen atoms in total. The summed E-state index contributed by atoms with van der Waals surface area (Å²) in [6, 6.07) is 13.4. The smallest absolute Gasteiger partial charge is 0.283 e. The average Bonchev–Trinajstić information content (AvgIpc) is 2.99. The van der Waals surface area contributed by atoms with Gasteiger partial charge in [-0.25, -0.2) is 0 Å². The Morgan fingerprint density at radius 3 is 2.52 bits per heavy atom. The molecule has 1 aromatic heterocycles. The van der Waals surface area contributed by atoms with E-state index in [1.165, 1.54) is 18.3 Å². The molecular formula is C15H16ClN3O3S. The van der Waals surface area contributed by atoms with E-state index in [-0.39, 0.29) is 17.3 Å². The largest absolute Gasteiger partial charge is 0.492 e. The van der Waals surface area contributed by atoms with Gasteiger partial charge < -0.3 is 10.5 Å². The van der Waals surface area contributed by atoms with E-state index in [1.807, 2.05) is 0 Å². The highest BCUT2D eigenvalue weighted by atomic mass is 35.5. The quantitative estimate of drug-likeness (QED) is 0.758. The number of hydrogen-bond donors (Lipinski definition) is 1. The maximum atomic E-state index is 12.7. The molecule has 0 saturated carbocycles. The molecule has 0 atom stereocenters. The zero-order chi connectivity index (χ0) is 15.6. The highest BCUT2D eigenvalue weighted by Gasteiger charge is 2.21. The number of benzene rings is 2. The molecule has 23 heavy (non-hydrogen) atoms. The zero-order valence-electron chi connectivity index (χ0n) is 12.1. The van der Waals surface area contributed by atoms with Crippen LogP contribution >= 0.6 is 12.4 Å². The van der Waals surface area contributed by atoms with E-state index in [0.717, 1.165) is 4.09 Å². The standard InChI is InChI=1S/C15H15N3O3S.ClH/c16-9-10-21-15-8-4-7-14-13(15)11-17-18(14)22(19,20)12-5-2-1-3-6-12;/h1-8,11H,9-10,16H2;1H. The molecule has 0 fully saturated rings. The molecule has 0 unspecified atom stereocenters. The van der Waals surface area contributed by atoms with Crippen LogP contribution in [0.3, 0.4) is 0 Å². The summed E-state index contributed by atoms with van der Waals surface area (Å²) in [6.45, 7) is 0.739. The fraction of sp³-hybridized carbons (Fsp3) is 0.133. The summed E-state index contributed by atoms with van der Waals surface area (Å²) in [5, 5.41) is 4.66. The first kappa shape index (κ1) is 17.3. The third-order valence-corrected chi connectivity index (χ3v) is 4.80. The molecule has 3 rings (SSSR count). The summed E-state index contributed by atoms with van der Waals surface area (Å²) < 4.78 is 31.9. The first-order valence-corrected chi connectivity index (χ1v) is 8.19. The number of nitrogens with zero attached hydrogens (tertiary/aromatic N) is 2. The summed E-state index contributed by atoms with van der Waals surface area (Å²) >= 11 is 0. The van der Waals surface area contributed by atoms with Crippen molar-refractivity contribution in [1.29, 1.82) is 0 Å². The van der Waals surface area contributed by atoms with Gasteiger partial charge in [-0.3, -0.25) is 0 Å². The van der Waals surface area contributed by atoms with Gasteiger partial charge in [0.25, 0.3) is 10.0 Å². The number of aromatic nitrogens is 2. The lowest BCUT2D eigenvalue weighted by atomic mass is 10.2. The van der Waals surface area contributed by atoms with Crippen LogP contribution in [0.5, 0.6) is 5.75 Å². The topological polar surface area (TPSA) is 87.2 Å². The molecule has 8 heteroatoms. The van der Waals surface area contributed by atoms with Crippen molar-refractivity contribution in [2.45, 2.75) is 4.90 Å². The Hall–Kier alpha value is -2.09. The first-order valence-electron chi connectivity index (χ1n) is 6.75. The monoisotopic (exact) mass is 353 g/mol. The van der Waals surface area contributed by atoms with Gasteiger partial charge in [0.05, 0.1) is 22.0 Å². The van der Waals surface area contributed by atoms with Gasteiger partial charge in [0.15, 0.2) is 0 Å². The Labute approximate surface area is 140 Å². The SMILES string of the molecule is Cl.NCCOc1cccc2c1cnn2S(=O)(=O)c1ccccc1.